The van der Waals surface area contributed by atoms with Crippen LogP contribution < -0.4 is 0 Å². The van der Waals surface area contributed by atoms with Gasteiger partial charge >= 0.3 is 27.3 Å². The van der Waals surface area contributed by atoms with Gasteiger partial charge in [-0.15, -0.1) is 0 Å². The van der Waals surface area contributed by atoms with Gasteiger partial charge in [0.1, 0.15) is 12.7 Å². The monoisotopic (exact) mass is 480 g/mol. The molecule has 2 aliphatic rings. The Bertz CT molecular complexity index is 768. The smallest absolute Gasteiger partial charge is 0.400 e. The number of carbonyl (C=O) groups excluding carboxylic acids is 2. The highest BCUT2D eigenvalue weighted by atomic mass is 32.2. The highest BCUT2D eigenvalue weighted by Crippen LogP contribution is 2.46. The molecule has 2 N–H and O–H groups in total. The molecule has 0 aromatic rings. The number of thiol groups is 1. The number of hydrogen-bond donors (Lipinski definition) is 3. The molecule has 2 fully saturated rings. The maximum absolute atomic E-state index is 13.3. The van der Waals surface area contributed by atoms with Crippen LogP contribution in [-0.4, -0.2) is 77.7 Å². The van der Waals surface area contributed by atoms with E-state index in [1.54, 1.807) is 0 Å². The van der Waals surface area contributed by atoms with E-state index < -0.39 is 88.0 Å². The number of esters is 2. The lowest BCUT2D eigenvalue weighted by Crippen LogP contribution is -2.51. The van der Waals surface area contributed by atoms with Gasteiger partial charge < -0.3 is 19.3 Å². The third kappa shape index (κ3) is 5.21. The van der Waals surface area contributed by atoms with Gasteiger partial charge in [0.25, 0.3) is 0 Å². The molecule has 0 spiro atoms. The number of fused-ring (bicyclic) bond motifs is 2. The second kappa shape index (κ2) is 8.81. The molecule has 1 saturated carbocycles. The Balaban J connectivity index is 1.87. The van der Waals surface area contributed by atoms with Crippen molar-refractivity contribution in [2.24, 2.45) is 11.8 Å². The summed E-state index contributed by atoms with van der Waals surface area (Å²) in [6.45, 7) is 1.46. The van der Waals surface area contributed by atoms with Crippen molar-refractivity contribution in [3.63, 3.8) is 0 Å². The molecule has 1 heterocycles. The summed E-state index contributed by atoms with van der Waals surface area (Å²) in [5.41, 5.74) is -1.25. The Kier molecular flexibility index (Phi) is 7.39. The van der Waals surface area contributed by atoms with Crippen LogP contribution in [-0.2, 0) is 33.9 Å². The second-order valence-corrected chi connectivity index (χ2v) is 9.87. The molecule has 0 radical (unpaired) electrons. The van der Waals surface area contributed by atoms with Gasteiger partial charge in [0.05, 0.1) is 29.5 Å². The van der Waals surface area contributed by atoms with Crippen molar-refractivity contribution in [1.29, 1.82) is 0 Å². The SMILES string of the molecule is CC(C)(O)C1CC(OCC(=O)OCCC(F)C(F)(F)S(=O)(=O)O)C2OC(=O)C1C2S. The average molecular weight is 480 g/mol. The fourth-order valence-electron chi connectivity index (χ4n) is 3.57. The fraction of sp³-hybridized carbons (Fsp3) is 0.875. The lowest BCUT2D eigenvalue weighted by molar-refractivity contribution is -0.157. The molecule has 30 heavy (non-hydrogen) atoms. The molecule has 9 nitrogen and oxygen atoms in total. The molecule has 0 amide bonds. The van der Waals surface area contributed by atoms with E-state index in [1.165, 1.54) is 13.8 Å². The number of alkyl halides is 3. The summed E-state index contributed by atoms with van der Waals surface area (Å²) in [6, 6.07) is 0. The van der Waals surface area contributed by atoms with Crippen LogP contribution in [0.15, 0.2) is 0 Å². The first-order chi connectivity index (χ1) is 13.6. The first-order valence-corrected chi connectivity index (χ1v) is 10.9. The van der Waals surface area contributed by atoms with Gasteiger partial charge in [0, 0.05) is 12.3 Å². The number of ether oxygens (including phenoxy) is 3. The van der Waals surface area contributed by atoms with Crippen LogP contribution in [0, 0.1) is 11.8 Å². The fourth-order valence-corrected chi connectivity index (χ4v) is 4.59. The van der Waals surface area contributed by atoms with Crippen LogP contribution in [0.1, 0.15) is 26.7 Å². The minimum absolute atomic E-state index is 0.183. The van der Waals surface area contributed by atoms with Gasteiger partial charge in [-0.3, -0.25) is 9.35 Å². The molecule has 1 aliphatic heterocycles. The molecular formula is C16H23F3O9S2. The van der Waals surface area contributed by atoms with Crippen molar-refractivity contribution < 1.29 is 55.0 Å². The largest absolute Gasteiger partial charge is 0.464 e. The molecule has 14 heteroatoms. The van der Waals surface area contributed by atoms with E-state index in [-0.39, 0.29) is 6.42 Å². The summed E-state index contributed by atoms with van der Waals surface area (Å²) in [4.78, 5) is 23.8. The van der Waals surface area contributed by atoms with Gasteiger partial charge in [0.15, 0.2) is 6.17 Å². The van der Waals surface area contributed by atoms with Gasteiger partial charge in [0.2, 0.25) is 0 Å². The molecule has 0 aromatic carbocycles. The summed E-state index contributed by atoms with van der Waals surface area (Å²) in [5.74, 6) is -2.78. The Morgan fingerprint density at radius 1 is 1.40 bits per heavy atom. The average Bonchev–Trinajstić information content (AvgIpc) is 2.78. The zero-order valence-electron chi connectivity index (χ0n) is 16.0. The van der Waals surface area contributed by atoms with Crippen LogP contribution in [0.25, 0.3) is 0 Å². The molecule has 6 atom stereocenters. The standard InChI is InChI=1S/C16H23F3O9S2/c1-15(2,22)7-5-8(12-13(29)11(7)14(21)28-12)27-6-10(20)26-4-3-9(17)16(18,19)30(23,24)25/h7-9,11-13,22,29H,3-6H2,1-2H3,(H,23,24,25). The van der Waals surface area contributed by atoms with Crippen molar-refractivity contribution >= 4 is 34.7 Å². The van der Waals surface area contributed by atoms with Gasteiger partial charge in [-0.1, -0.05) is 0 Å². The van der Waals surface area contributed by atoms with Crippen LogP contribution in [0.4, 0.5) is 13.2 Å². The van der Waals surface area contributed by atoms with Gasteiger partial charge in [-0.2, -0.15) is 29.8 Å². The molecule has 1 saturated heterocycles. The zero-order valence-corrected chi connectivity index (χ0v) is 17.7. The Labute approximate surface area is 176 Å². The maximum Gasteiger partial charge on any atom is 0.400 e. The predicted octanol–water partition coefficient (Wildman–Crippen LogP) is 0.754. The molecule has 0 aromatic heterocycles. The number of carbonyl (C=O) groups is 2. The Morgan fingerprint density at radius 3 is 2.53 bits per heavy atom. The van der Waals surface area contributed by atoms with Crippen LogP contribution >= 0.6 is 12.6 Å². The van der Waals surface area contributed by atoms with E-state index >= 15 is 0 Å². The minimum Gasteiger partial charge on any atom is -0.464 e. The third-order valence-electron chi connectivity index (χ3n) is 5.18. The van der Waals surface area contributed by atoms with Crippen molar-refractivity contribution in [2.45, 2.75) is 61.2 Å². The van der Waals surface area contributed by atoms with Gasteiger partial charge in [-0.05, 0) is 20.3 Å². The maximum atomic E-state index is 13.3. The second-order valence-electron chi connectivity index (χ2n) is 7.78. The topological polar surface area (TPSA) is 136 Å². The molecule has 2 rings (SSSR count). The van der Waals surface area contributed by atoms with E-state index in [0.717, 1.165) is 0 Å². The number of rotatable bonds is 9. The summed E-state index contributed by atoms with van der Waals surface area (Å²) in [6.07, 6.45) is -5.84. The summed E-state index contributed by atoms with van der Waals surface area (Å²) in [5, 5.41) is 4.73. The first-order valence-electron chi connectivity index (χ1n) is 8.94. The summed E-state index contributed by atoms with van der Waals surface area (Å²) >= 11 is 4.36. The van der Waals surface area contributed by atoms with Crippen molar-refractivity contribution in [2.75, 3.05) is 13.2 Å². The highest BCUT2D eigenvalue weighted by molar-refractivity contribution is 7.86. The summed E-state index contributed by atoms with van der Waals surface area (Å²) in [7, 11) is -5.95. The quantitative estimate of drug-likeness (QED) is 0.248. The zero-order chi connectivity index (χ0) is 23.1. The first kappa shape index (κ1) is 25.2. The van der Waals surface area contributed by atoms with Crippen LogP contribution in [0.5, 0.6) is 0 Å². The van der Waals surface area contributed by atoms with E-state index in [1.807, 2.05) is 0 Å². The third-order valence-corrected chi connectivity index (χ3v) is 6.74. The number of aliphatic hydroxyl groups is 1. The van der Waals surface area contributed by atoms with Crippen molar-refractivity contribution in [3.8, 4) is 0 Å². The number of hydrogen-bond acceptors (Lipinski definition) is 9. The molecular weight excluding hydrogens is 457 g/mol. The van der Waals surface area contributed by atoms with Crippen LogP contribution in [0.3, 0.4) is 0 Å². The van der Waals surface area contributed by atoms with Crippen molar-refractivity contribution in [3.05, 3.63) is 0 Å². The van der Waals surface area contributed by atoms with Crippen molar-refractivity contribution in [1.82, 2.24) is 0 Å². The van der Waals surface area contributed by atoms with E-state index in [9.17, 15) is 36.3 Å². The minimum atomic E-state index is -5.95. The predicted molar refractivity (Wildman–Crippen MR) is 97.3 cm³/mol. The number of halogens is 3. The van der Waals surface area contributed by atoms with Crippen LogP contribution in [0.2, 0.25) is 0 Å². The van der Waals surface area contributed by atoms with E-state index in [2.05, 4.69) is 17.4 Å². The molecule has 2 bridgehead atoms. The lowest BCUT2D eigenvalue weighted by Gasteiger charge is -2.40. The lowest BCUT2D eigenvalue weighted by atomic mass is 9.70. The Morgan fingerprint density at radius 2 is 2.00 bits per heavy atom. The van der Waals surface area contributed by atoms with E-state index in [4.69, 9.17) is 14.0 Å². The van der Waals surface area contributed by atoms with Gasteiger partial charge in [-0.25, -0.2) is 9.18 Å². The normalized spacial score (nSPS) is 30.7. The molecule has 174 valence electrons. The highest BCUT2D eigenvalue weighted by Gasteiger charge is 2.58. The molecule has 6 unspecified atom stereocenters. The molecule has 1 aliphatic carbocycles. The van der Waals surface area contributed by atoms with E-state index in [0.29, 0.717) is 0 Å². The summed E-state index contributed by atoms with van der Waals surface area (Å²) < 4.78 is 83.9. The Hall–Kier alpha value is -1.09.